The number of hydrogen-bond acceptors (Lipinski definition) is 2. The van der Waals surface area contributed by atoms with Gasteiger partial charge in [-0.05, 0) is 66.1 Å². The molecule has 0 aromatic heterocycles. The first kappa shape index (κ1) is 22.9. The van der Waals surface area contributed by atoms with Crippen molar-refractivity contribution >= 4 is 29.2 Å². The van der Waals surface area contributed by atoms with Crippen LogP contribution in [0, 0.1) is 0 Å². The van der Waals surface area contributed by atoms with Crippen molar-refractivity contribution in [2.75, 3.05) is 5.32 Å². The van der Waals surface area contributed by atoms with Crippen LogP contribution in [0.2, 0.25) is 5.02 Å². The molecule has 6 heteroatoms. The van der Waals surface area contributed by atoms with Gasteiger partial charge in [-0.2, -0.15) is 0 Å². The molecule has 0 heterocycles. The molecular weight excluding hydrogens is 434 g/mol. The van der Waals surface area contributed by atoms with Crippen molar-refractivity contribution in [3.05, 3.63) is 101 Å². The van der Waals surface area contributed by atoms with Gasteiger partial charge in [0.05, 0.1) is 6.42 Å². The van der Waals surface area contributed by atoms with Crippen molar-refractivity contribution in [3.8, 4) is 0 Å². The predicted octanol–water partition coefficient (Wildman–Crippen LogP) is 5.66. The molecule has 0 spiro atoms. The van der Waals surface area contributed by atoms with E-state index in [-0.39, 0.29) is 18.0 Å². The molecule has 2 unspecified atom stereocenters. The molecule has 3 amide bonds. The van der Waals surface area contributed by atoms with Crippen LogP contribution in [0.5, 0.6) is 0 Å². The molecule has 3 N–H and O–H groups in total. The molecule has 4 rings (SSSR count). The first-order valence-electron chi connectivity index (χ1n) is 11.3. The Bertz CT molecular complexity index is 1070. The third-order valence-electron chi connectivity index (χ3n) is 6.01. The Labute approximate surface area is 199 Å². The molecule has 0 saturated heterocycles. The molecule has 1 aliphatic rings. The fourth-order valence-electron chi connectivity index (χ4n) is 4.27. The molecule has 1 fully saturated rings. The second-order valence-electron chi connectivity index (χ2n) is 8.49. The number of urea groups is 1. The highest BCUT2D eigenvalue weighted by atomic mass is 35.5. The van der Waals surface area contributed by atoms with Crippen LogP contribution in [-0.4, -0.2) is 18.0 Å². The van der Waals surface area contributed by atoms with E-state index in [0.29, 0.717) is 29.6 Å². The van der Waals surface area contributed by atoms with Gasteiger partial charge in [0, 0.05) is 23.3 Å². The van der Waals surface area contributed by atoms with Crippen molar-refractivity contribution in [2.45, 2.75) is 44.2 Å². The minimum absolute atomic E-state index is 0.0372. The summed E-state index contributed by atoms with van der Waals surface area (Å²) in [5.74, 6) is 0.558. The molecular formula is C27H28ClN3O2. The van der Waals surface area contributed by atoms with E-state index in [4.69, 9.17) is 11.6 Å². The van der Waals surface area contributed by atoms with Crippen LogP contribution in [0.3, 0.4) is 0 Å². The first-order valence-corrected chi connectivity index (χ1v) is 11.7. The van der Waals surface area contributed by atoms with E-state index in [2.05, 4.69) is 40.2 Å². The number of anilines is 1. The SMILES string of the molecule is O=C(Cc1ccc(NC(=O)NCc2ccc(Cl)cc2)cc1)NC1CCC(c2ccccc2)C1. The summed E-state index contributed by atoms with van der Waals surface area (Å²) in [5.41, 5.74) is 3.91. The zero-order valence-electron chi connectivity index (χ0n) is 18.4. The van der Waals surface area contributed by atoms with Gasteiger partial charge in [-0.15, -0.1) is 0 Å². The van der Waals surface area contributed by atoms with Gasteiger partial charge in [0.25, 0.3) is 0 Å². The summed E-state index contributed by atoms with van der Waals surface area (Å²) in [4.78, 5) is 24.6. The maximum Gasteiger partial charge on any atom is 0.319 e. The van der Waals surface area contributed by atoms with Crippen LogP contribution < -0.4 is 16.0 Å². The van der Waals surface area contributed by atoms with E-state index in [9.17, 15) is 9.59 Å². The average Bonchev–Trinajstić information content (AvgIpc) is 3.29. The smallest absolute Gasteiger partial charge is 0.319 e. The lowest BCUT2D eigenvalue weighted by atomic mass is 9.98. The van der Waals surface area contributed by atoms with Gasteiger partial charge in [-0.3, -0.25) is 4.79 Å². The highest BCUT2D eigenvalue weighted by molar-refractivity contribution is 6.30. The van der Waals surface area contributed by atoms with Crippen LogP contribution >= 0.6 is 11.6 Å². The van der Waals surface area contributed by atoms with E-state index < -0.39 is 0 Å². The van der Waals surface area contributed by atoms with E-state index in [1.165, 1.54) is 5.56 Å². The van der Waals surface area contributed by atoms with E-state index >= 15 is 0 Å². The summed E-state index contributed by atoms with van der Waals surface area (Å²) in [6.07, 6.45) is 3.44. The number of benzene rings is 3. The minimum Gasteiger partial charge on any atom is -0.353 e. The standard InChI is InChI=1S/C27H28ClN3O2/c28-23-11-6-20(7-12-23)18-29-27(33)31-24-13-8-19(9-14-24)16-26(32)30-25-15-10-22(17-25)21-4-2-1-3-5-21/h1-9,11-14,22,25H,10,15-18H2,(H,30,32)(H2,29,31,33). The number of carbonyl (C=O) groups excluding carboxylic acids is 2. The van der Waals surface area contributed by atoms with Crippen LogP contribution in [0.4, 0.5) is 10.5 Å². The van der Waals surface area contributed by atoms with Gasteiger partial charge < -0.3 is 16.0 Å². The maximum atomic E-state index is 12.5. The summed E-state index contributed by atoms with van der Waals surface area (Å²) >= 11 is 5.87. The van der Waals surface area contributed by atoms with Gasteiger partial charge in [-0.25, -0.2) is 4.79 Å². The molecule has 33 heavy (non-hydrogen) atoms. The third kappa shape index (κ3) is 6.83. The Morgan fingerprint density at radius 2 is 1.55 bits per heavy atom. The van der Waals surface area contributed by atoms with Crippen LogP contribution in [0.1, 0.15) is 41.9 Å². The number of nitrogens with one attached hydrogen (secondary N) is 3. The Morgan fingerprint density at radius 3 is 2.27 bits per heavy atom. The van der Waals surface area contributed by atoms with Gasteiger partial charge in [-0.1, -0.05) is 66.2 Å². The molecule has 3 aromatic rings. The fraction of sp³-hybridized carbons (Fsp3) is 0.259. The second-order valence-corrected chi connectivity index (χ2v) is 8.93. The largest absolute Gasteiger partial charge is 0.353 e. The normalized spacial score (nSPS) is 17.4. The Hall–Kier alpha value is -3.31. The van der Waals surface area contributed by atoms with Gasteiger partial charge >= 0.3 is 6.03 Å². The van der Waals surface area contributed by atoms with Gasteiger partial charge in [0.1, 0.15) is 0 Å². The van der Waals surface area contributed by atoms with Crippen LogP contribution in [0.25, 0.3) is 0 Å². The van der Waals surface area contributed by atoms with Crippen LogP contribution in [-0.2, 0) is 17.8 Å². The number of halogens is 1. The Kier molecular flexibility index (Phi) is 7.63. The quantitative estimate of drug-likeness (QED) is 0.425. The molecule has 5 nitrogen and oxygen atoms in total. The number of carbonyl (C=O) groups is 2. The molecule has 1 aliphatic carbocycles. The average molecular weight is 462 g/mol. The summed E-state index contributed by atoms with van der Waals surface area (Å²) in [7, 11) is 0. The molecule has 2 atom stereocenters. The van der Waals surface area contributed by atoms with Crippen molar-refractivity contribution in [1.82, 2.24) is 10.6 Å². The lowest BCUT2D eigenvalue weighted by Crippen LogP contribution is -2.34. The number of rotatable bonds is 7. The van der Waals surface area contributed by atoms with E-state index in [0.717, 1.165) is 30.4 Å². The highest BCUT2D eigenvalue weighted by Crippen LogP contribution is 2.34. The first-order chi connectivity index (χ1) is 16.0. The molecule has 170 valence electrons. The summed E-state index contributed by atoms with van der Waals surface area (Å²) in [5, 5.41) is 9.46. The molecule has 0 radical (unpaired) electrons. The summed E-state index contributed by atoms with van der Waals surface area (Å²) in [6.45, 7) is 0.410. The van der Waals surface area contributed by atoms with E-state index in [1.807, 2.05) is 42.5 Å². The topological polar surface area (TPSA) is 70.2 Å². The minimum atomic E-state index is -0.287. The van der Waals surface area contributed by atoms with Crippen LogP contribution in [0.15, 0.2) is 78.9 Å². The van der Waals surface area contributed by atoms with Gasteiger partial charge in [0.15, 0.2) is 0 Å². The lowest BCUT2D eigenvalue weighted by Gasteiger charge is -2.14. The second kappa shape index (κ2) is 11.0. The molecule has 1 saturated carbocycles. The number of amides is 3. The fourth-order valence-corrected chi connectivity index (χ4v) is 4.40. The Morgan fingerprint density at radius 1 is 0.848 bits per heavy atom. The maximum absolute atomic E-state index is 12.5. The third-order valence-corrected chi connectivity index (χ3v) is 6.26. The van der Waals surface area contributed by atoms with Crippen molar-refractivity contribution in [3.63, 3.8) is 0 Å². The molecule has 0 aliphatic heterocycles. The Balaban J connectivity index is 1.20. The van der Waals surface area contributed by atoms with Crippen molar-refractivity contribution in [1.29, 1.82) is 0 Å². The van der Waals surface area contributed by atoms with Gasteiger partial charge in [0.2, 0.25) is 5.91 Å². The van der Waals surface area contributed by atoms with Crippen molar-refractivity contribution in [2.24, 2.45) is 0 Å². The summed E-state index contributed by atoms with van der Waals surface area (Å²) in [6, 6.07) is 25.1. The lowest BCUT2D eigenvalue weighted by molar-refractivity contribution is -0.121. The highest BCUT2D eigenvalue weighted by Gasteiger charge is 2.26. The van der Waals surface area contributed by atoms with E-state index in [1.54, 1.807) is 12.1 Å². The number of hydrogen-bond donors (Lipinski definition) is 3. The molecule has 0 bridgehead atoms. The monoisotopic (exact) mass is 461 g/mol. The molecule has 3 aromatic carbocycles. The summed E-state index contributed by atoms with van der Waals surface area (Å²) < 4.78 is 0. The van der Waals surface area contributed by atoms with Crippen molar-refractivity contribution < 1.29 is 9.59 Å². The zero-order chi connectivity index (χ0) is 23.0. The zero-order valence-corrected chi connectivity index (χ0v) is 19.1. The predicted molar refractivity (Wildman–Crippen MR) is 132 cm³/mol.